The number of hydrogen-bond acceptors (Lipinski definition) is 5. The van der Waals surface area contributed by atoms with Crippen molar-refractivity contribution in [3.63, 3.8) is 0 Å². The lowest BCUT2D eigenvalue weighted by molar-refractivity contribution is -0.143. The van der Waals surface area contributed by atoms with Crippen LogP contribution in [0.3, 0.4) is 0 Å². The Labute approximate surface area is 177 Å². The van der Waals surface area contributed by atoms with Crippen LogP contribution in [0.2, 0.25) is 15.1 Å². The fourth-order valence-corrected chi connectivity index (χ4v) is 3.57. The molecule has 0 bridgehead atoms. The van der Waals surface area contributed by atoms with E-state index in [9.17, 15) is 20.0 Å². The van der Waals surface area contributed by atoms with Crippen LogP contribution in [0.1, 0.15) is 46.8 Å². The number of Topliss-reactive ketones (excluding diaryl/α,β-unsaturated/α-hetero) is 1. The van der Waals surface area contributed by atoms with E-state index in [4.69, 9.17) is 39.5 Å². The molecule has 0 aliphatic carbocycles. The number of ether oxygens (including phenoxy) is 1. The Kier molecular flexibility index (Phi) is 7.70. The minimum Gasteiger partial charge on any atom is -0.506 e. The van der Waals surface area contributed by atoms with Gasteiger partial charge in [-0.3, -0.25) is 9.59 Å². The zero-order chi connectivity index (χ0) is 20.8. The van der Waals surface area contributed by atoms with Gasteiger partial charge in [-0.25, -0.2) is 0 Å². The first-order valence-corrected chi connectivity index (χ1v) is 9.48. The number of aromatic hydroxyl groups is 1. The van der Waals surface area contributed by atoms with Gasteiger partial charge in [0.2, 0.25) is 0 Å². The predicted molar refractivity (Wildman–Crippen MR) is 107 cm³/mol. The summed E-state index contributed by atoms with van der Waals surface area (Å²) in [6.07, 6.45) is -0.0435. The molecule has 0 atom stereocenters. The fourth-order valence-electron chi connectivity index (χ4n) is 2.62. The van der Waals surface area contributed by atoms with Crippen LogP contribution < -0.4 is 0 Å². The van der Waals surface area contributed by atoms with E-state index in [2.05, 4.69) is 0 Å². The number of hydrogen-bond donors (Lipinski definition) is 1. The number of benzene rings is 2. The standard InChI is InChI=1S/C20H16Cl3NO4/c1-2-28-19(26)4-3-18(25)15-7-11(5-12(10-24)20(15)27)6-14-16(22)8-13(21)9-17(14)23/h5,7-9,27H,2-4,6H2,1H3. The third-order valence-electron chi connectivity index (χ3n) is 3.94. The highest BCUT2D eigenvalue weighted by molar-refractivity contribution is 6.39. The van der Waals surface area contributed by atoms with Crippen LogP contribution in [0.25, 0.3) is 0 Å². The van der Waals surface area contributed by atoms with Crippen molar-refractivity contribution in [3.05, 3.63) is 61.6 Å². The number of nitrogens with zero attached hydrogens (tertiary/aromatic N) is 1. The molecule has 1 N–H and O–H groups in total. The van der Waals surface area contributed by atoms with Crippen molar-refractivity contribution in [1.82, 2.24) is 0 Å². The molecule has 8 heteroatoms. The van der Waals surface area contributed by atoms with Gasteiger partial charge in [0.15, 0.2) is 5.78 Å². The maximum atomic E-state index is 12.5. The number of nitriles is 1. The van der Waals surface area contributed by atoms with Crippen molar-refractivity contribution >= 4 is 46.6 Å². The number of phenols is 1. The lowest BCUT2D eigenvalue weighted by atomic mass is 9.96. The summed E-state index contributed by atoms with van der Waals surface area (Å²) in [4.78, 5) is 23.9. The molecule has 0 radical (unpaired) electrons. The van der Waals surface area contributed by atoms with Gasteiger partial charge in [-0.1, -0.05) is 34.8 Å². The lowest BCUT2D eigenvalue weighted by Gasteiger charge is -2.12. The Morgan fingerprint density at radius 2 is 1.75 bits per heavy atom. The lowest BCUT2D eigenvalue weighted by Crippen LogP contribution is -2.09. The van der Waals surface area contributed by atoms with Crippen molar-refractivity contribution in [2.75, 3.05) is 6.61 Å². The van der Waals surface area contributed by atoms with Gasteiger partial charge in [-0.2, -0.15) is 5.26 Å². The van der Waals surface area contributed by atoms with Crippen molar-refractivity contribution in [2.24, 2.45) is 0 Å². The number of phenolic OH excluding ortho intramolecular Hbond substituents is 1. The molecule has 2 aromatic carbocycles. The Bertz CT molecular complexity index is 944. The van der Waals surface area contributed by atoms with Gasteiger partial charge in [0, 0.05) is 27.9 Å². The summed E-state index contributed by atoms with van der Waals surface area (Å²) in [6, 6.07) is 7.87. The van der Waals surface area contributed by atoms with Crippen molar-refractivity contribution in [1.29, 1.82) is 5.26 Å². The van der Waals surface area contributed by atoms with Gasteiger partial charge in [0.05, 0.1) is 24.2 Å². The van der Waals surface area contributed by atoms with Gasteiger partial charge in [0.1, 0.15) is 11.8 Å². The average molecular weight is 441 g/mol. The third-order valence-corrected chi connectivity index (χ3v) is 4.83. The number of esters is 1. The van der Waals surface area contributed by atoms with E-state index in [1.807, 2.05) is 6.07 Å². The Hall–Kier alpha value is -2.26. The SMILES string of the molecule is CCOC(=O)CCC(=O)c1cc(Cc2c(Cl)cc(Cl)cc2Cl)cc(C#N)c1O. The Balaban J connectivity index is 2.35. The quantitative estimate of drug-likeness (QED) is 0.464. The zero-order valence-electron chi connectivity index (χ0n) is 14.9. The monoisotopic (exact) mass is 439 g/mol. The van der Waals surface area contributed by atoms with Gasteiger partial charge >= 0.3 is 5.97 Å². The van der Waals surface area contributed by atoms with Gasteiger partial charge in [-0.15, -0.1) is 0 Å². The van der Waals surface area contributed by atoms with Crippen molar-refractivity contribution in [2.45, 2.75) is 26.2 Å². The summed E-state index contributed by atoms with van der Waals surface area (Å²) in [7, 11) is 0. The predicted octanol–water partition coefficient (Wildman–Crippen LogP) is 5.34. The Morgan fingerprint density at radius 1 is 1.11 bits per heavy atom. The van der Waals surface area contributed by atoms with Crippen LogP contribution in [0.15, 0.2) is 24.3 Å². The molecule has 0 aliphatic rings. The maximum Gasteiger partial charge on any atom is 0.306 e. The second kappa shape index (κ2) is 9.79. The highest BCUT2D eigenvalue weighted by Gasteiger charge is 2.19. The largest absolute Gasteiger partial charge is 0.506 e. The molecule has 2 aromatic rings. The van der Waals surface area contributed by atoms with Gasteiger partial charge < -0.3 is 9.84 Å². The number of ketones is 1. The van der Waals surface area contributed by atoms with Crippen molar-refractivity contribution < 1.29 is 19.4 Å². The maximum absolute atomic E-state index is 12.5. The van der Waals surface area contributed by atoms with Crippen LogP contribution in [0, 0.1) is 11.3 Å². The first kappa shape index (κ1) is 22.0. The molecule has 28 heavy (non-hydrogen) atoms. The van der Waals surface area contributed by atoms with Crippen LogP contribution >= 0.6 is 34.8 Å². The van der Waals surface area contributed by atoms with E-state index in [-0.39, 0.29) is 37.0 Å². The summed E-state index contributed by atoms with van der Waals surface area (Å²) in [5.41, 5.74) is 1.03. The summed E-state index contributed by atoms with van der Waals surface area (Å²) < 4.78 is 4.80. The number of carbonyl (C=O) groups excluding carboxylic acids is 2. The van der Waals surface area contributed by atoms with E-state index in [0.29, 0.717) is 26.2 Å². The molecular formula is C20H16Cl3NO4. The molecule has 146 valence electrons. The number of halogens is 3. The molecule has 0 aromatic heterocycles. The molecule has 0 saturated heterocycles. The molecule has 0 heterocycles. The summed E-state index contributed by atoms with van der Waals surface area (Å²) in [6.45, 7) is 1.89. The van der Waals surface area contributed by atoms with Crippen molar-refractivity contribution in [3.8, 4) is 11.8 Å². The summed E-state index contributed by atoms with van der Waals surface area (Å²) >= 11 is 18.3. The van der Waals surface area contributed by atoms with Crippen LogP contribution in [0.5, 0.6) is 5.75 Å². The highest BCUT2D eigenvalue weighted by Crippen LogP contribution is 2.33. The first-order valence-electron chi connectivity index (χ1n) is 8.35. The van der Waals surface area contributed by atoms with Gasteiger partial charge in [-0.05, 0) is 42.3 Å². The molecule has 5 nitrogen and oxygen atoms in total. The summed E-state index contributed by atoms with van der Waals surface area (Å²) in [5.74, 6) is -1.41. The second-order valence-electron chi connectivity index (χ2n) is 5.90. The molecule has 0 unspecified atom stereocenters. The molecule has 2 rings (SSSR count). The second-order valence-corrected chi connectivity index (χ2v) is 7.16. The van der Waals surface area contributed by atoms with E-state index in [1.54, 1.807) is 19.1 Å². The Morgan fingerprint density at radius 3 is 2.32 bits per heavy atom. The summed E-state index contributed by atoms with van der Waals surface area (Å²) in [5, 5.41) is 20.6. The van der Waals surface area contributed by atoms with E-state index in [1.165, 1.54) is 12.1 Å². The minimum atomic E-state index is -0.508. The molecule has 0 fully saturated rings. The molecule has 0 aliphatic heterocycles. The molecule has 0 saturated carbocycles. The molecule has 0 amide bonds. The van der Waals surface area contributed by atoms with E-state index >= 15 is 0 Å². The molecule has 0 spiro atoms. The van der Waals surface area contributed by atoms with Crippen LogP contribution in [-0.4, -0.2) is 23.5 Å². The smallest absolute Gasteiger partial charge is 0.306 e. The topological polar surface area (TPSA) is 87.4 Å². The molecular weight excluding hydrogens is 425 g/mol. The zero-order valence-corrected chi connectivity index (χ0v) is 17.2. The minimum absolute atomic E-state index is 0.0421. The third kappa shape index (κ3) is 5.39. The highest BCUT2D eigenvalue weighted by atomic mass is 35.5. The van der Waals surface area contributed by atoms with Gasteiger partial charge in [0.25, 0.3) is 0 Å². The fraction of sp³-hybridized carbons (Fsp3) is 0.250. The van der Waals surface area contributed by atoms with E-state index < -0.39 is 17.5 Å². The van der Waals surface area contributed by atoms with Crippen LogP contribution in [0.4, 0.5) is 0 Å². The number of carbonyl (C=O) groups is 2. The normalized spacial score (nSPS) is 10.4. The number of rotatable bonds is 7. The first-order chi connectivity index (χ1) is 13.3. The van der Waals surface area contributed by atoms with E-state index in [0.717, 1.165) is 0 Å². The average Bonchev–Trinajstić information content (AvgIpc) is 2.63. The van der Waals surface area contributed by atoms with Crippen LogP contribution in [-0.2, 0) is 16.0 Å².